The molecular weight excluding hydrogens is 378 g/mol. The fourth-order valence-electron chi connectivity index (χ4n) is 5.31. The Morgan fingerprint density at radius 2 is 1.83 bits per heavy atom. The Morgan fingerprint density at radius 3 is 2.53 bits per heavy atom. The lowest BCUT2D eigenvalue weighted by molar-refractivity contribution is -0.117. The van der Waals surface area contributed by atoms with Crippen molar-refractivity contribution in [1.82, 2.24) is 19.9 Å². The quantitative estimate of drug-likeness (QED) is 0.790. The lowest BCUT2D eigenvalue weighted by Crippen LogP contribution is -2.46. The average molecular weight is 410 g/mol. The lowest BCUT2D eigenvalue weighted by atomic mass is 9.79. The number of likely N-dealkylation sites (tertiary alicyclic amines) is 1. The maximum Gasteiger partial charge on any atom is 0.270 e. The summed E-state index contributed by atoms with van der Waals surface area (Å²) < 4.78 is 5.51. The van der Waals surface area contributed by atoms with Gasteiger partial charge in [0.25, 0.3) is 5.95 Å². The van der Waals surface area contributed by atoms with Gasteiger partial charge in [-0.25, -0.2) is 0 Å². The van der Waals surface area contributed by atoms with E-state index >= 15 is 0 Å². The van der Waals surface area contributed by atoms with Gasteiger partial charge in [-0.3, -0.25) is 15.0 Å². The molecule has 1 aromatic carbocycles. The summed E-state index contributed by atoms with van der Waals surface area (Å²) in [6.07, 6.45) is 5.05. The molecule has 4 aliphatic heterocycles. The summed E-state index contributed by atoms with van der Waals surface area (Å²) in [6, 6.07) is 10.6. The number of anilines is 1. The van der Waals surface area contributed by atoms with Gasteiger partial charge in [0.05, 0.1) is 5.92 Å². The molecule has 2 bridgehead atoms. The number of nitrogens with one attached hydrogen (secondary N) is 1. The number of nitrogens with zero attached hydrogens (tertiary/aromatic N) is 4. The zero-order valence-electron chi connectivity index (χ0n) is 17.5. The van der Waals surface area contributed by atoms with Crippen molar-refractivity contribution in [3.8, 4) is 0 Å². The molecule has 7 heteroatoms. The van der Waals surface area contributed by atoms with E-state index in [9.17, 15) is 4.79 Å². The van der Waals surface area contributed by atoms with Crippen LogP contribution < -0.4 is 5.32 Å². The number of carbonyl (C=O) groups is 1. The third-order valence-corrected chi connectivity index (χ3v) is 7.10. The molecule has 1 aromatic heterocycles. The van der Waals surface area contributed by atoms with Gasteiger partial charge in [0.2, 0.25) is 11.8 Å². The van der Waals surface area contributed by atoms with E-state index in [1.807, 2.05) is 0 Å². The number of fused-ring (bicyclic) bond motifs is 3. The highest BCUT2D eigenvalue weighted by molar-refractivity contribution is 5.89. The van der Waals surface area contributed by atoms with Crippen LogP contribution in [0, 0.1) is 11.8 Å². The zero-order chi connectivity index (χ0) is 20.3. The second kappa shape index (κ2) is 8.86. The van der Waals surface area contributed by atoms with Crippen molar-refractivity contribution in [3.63, 3.8) is 0 Å². The van der Waals surface area contributed by atoms with Crippen LogP contribution in [0.4, 0.5) is 5.95 Å². The molecule has 4 fully saturated rings. The van der Waals surface area contributed by atoms with E-state index < -0.39 is 0 Å². The van der Waals surface area contributed by atoms with Crippen LogP contribution in [0.15, 0.2) is 34.9 Å². The maximum atomic E-state index is 12.5. The van der Waals surface area contributed by atoms with Gasteiger partial charge in [0.1, 0.15) is 0 Å². The van der Waals surface area contributed by atoms with Crippen LogP contribution in [-0.4, -0.2) is 58.6 Å². The Morgan fingerprint density at radius 1 is 1.07 bits per heavy atom. The standard InChI is InChI=1S/C23H31N5O2/c29-21(14-17-6-10-27(11-7-17)15-18-4-2-1-3-5-18)24-23-25-22(30-26-23)20-16-28-12-8-19(20)9-13-28/h1-5,17,19-20H,6-16H2,(H,24,26,29). The van der Waals surface area contributed by atoms with E-state index in [0.29, 0.717) is 36.0 Å². The van der Waals surface area contributed by atoms with E-state index in [1.165, 1.54) is 31.5 Å². The Hall–Kier alpha value is -2.25. The minimum atomic E-state index is -0.00206. The molecule has 1 amide bonds. The Labute approximate surface area is 177 Å². The molecule has 0 saturated carbocycles. The van der Waals surface area contributed by atoms with Crippen LogP contribution in [0.2, 0.25) is 0 Å². The van der Waals surface area contributed by atoms with Crippen LogP contribution in [-0.2, 0) is 11.3 Å². The molecule has 0 aliphatic carbocycles. The predicted octanol–water partition coefficient (Wildman–Crippen LogP) is 3.12. The fraction of sp³-hybridized carbons (Fsp3) is 0.609. The summed E-state index contributed by atoms with van der Waals surface area (Å²) in [4.78, 5) is 22.0. The molecule has 0 radical (unpaired) electrons. The first-order chi connectivity index (χ1) is 14.7. The molecule has 7 nitrogen and oxygen atoms in total. The van der Waals surface area contributed by atoms with Gasteiger partial charge in [-0.1, -0.05) is 30.3 Å². The maximum absolute atomic E-state index is 12.5. The summed E-state index contributed by atoms with van der Waals surface area (Å²) in [6.45, 7) is 6.44. The molecular formula is C23H31N5O2. The van der Waals surface area contributed by atoms with E-state index in [-0.39, 0.29) is 5.91 Å². The highest BCUT2D eigenvalue weighted by atomic mass is 16.5. The van der Waals surface area contributed by atoms with Crippen molar-refractivity contribution in [2.75, 3.05) is 38.0 Å². The normalized spacial score (nSPS) is 27.3. The number of hydrogen-bond donors (Lipinski definition) is 1. The zero-order valence-corrected chi connectivity index (χ0v) is 17.5. The van der Waals surface area contributed by atoms with Crippen molar-refractivity contribution >= 4 is 11.9 Å². The van der Waals surface area contributed by atoms with Gasteiger partial charge in [-0.05, 0) is 74.4 Å². The van der Waals surface area contributed by atoms with Crippen LogP contribution in [0.5, 0.6) is 0 Å². The number of amides is 1. The number of aromatic nitrogens is 2. The molecule has 1 atom stereocenters. The van der Waals surface area contributed by atoms with Crippen molar-refractivity contribution in [1.29, 1.82) is 0 Å². The third-order valence-electron chi connectivity index (χ3n) is 7.10. The van der Waals surface area contributed by atoms with E-state index in [2.05, 4.69) is 55.6 Å². The minimum absolute atomic E-state index is 0.00206. The second-order valence-corrected chi connectivity index (χ2v) is 9.16. The summed E-state index contributed by atoms with van der Waals surface area (Å²) in [5.74, 6) is 2.39. The molecule has 2 aromatic rings. The molecule has 4 saturated heterocycles. The Kier molecular flexibility index (Phi) is 5.82. The highest BCUT2D eigenvalue weighted by Crippen LogP contribution is 2.38. The predicted molar refractivity (Wildman–Crippen MR) is 114 cm³/mol. The van der Waals surface area contributed by atoms with Crippen molar-refractivity contribution in [2.24, 2.45) is 11.8 Å². The van der Waals surface area contributed by atoms with Gasteiger partial charge >= 0.3 is 0 Å². The summed E-state index contributed by atoms with van der Waals surface area (Å²) in [5, 5.41) is 6.88. The van der Waals surface area contributed by atoms with E-state index in [1.54, 1.807) is 0 Å². The largest absolute Gasteiger partial charge is 0.337 e. The monoisotopic (exact) mass is 409 g/mol. The van der Waals surface area contributed by atoms with Gasteiger partial charge in [0.15, 0.2) is 0 Å². The van der Waals surface area contributed by atoms with Gasteiger partial charge in [-0.15, -0.1) is 0 Å². The van der Waals surface area contributed by atoms with E-state index in [0.717, 1.165) is 39.0 Å². The highest BCUT2D eigenvalue weighted by Gasteiger charge is 2.38. The van der Waals surface area contributed by atoms with Crippen molar-refractivity contribution in [3.05, 3.63) is 41.8 Å². The van der Waals surface area contributed by atoms with Crippen LogP contribution in [0.3, 0.4) is 0 Å². The van der Waals surface area contributed by atoms with Crippen LogP contribution in [0.25, 0.3) is 0 Å². The molecule has 1 N–H and O–H groups in total. The van der Waals surface area contributed by atoms with Gasteiger partial charge < -0.3 is 9.42 Å². The topological polar surface area (TPSA) is 74.5 Å². The van der Waals surface area contributed by atoms with Crippen molar-refractivity contribution in [2.45, 2.75) is 44.6 Å². The first kappa shape index (κ1) is 19.7. The molecule has 6 rings (SSSR count). The number of hydrogen-bond acceptors (Lipinski definition) is 6. The number of rotatable bonds is 6. The summed E-state index contributed by atoms with van der Waals surface area (Å²) in [5.41, 5.74) is 1.35. The van der Waals surface area contributed by atoms with Crippen LogP contribution in [0.1, 0.15) is 49.5 Å². The first-order valence-corrected chi connectivity index (χ1v) is 11.3. The molecule has 1 unspecified atom stereocenters. The lowest BCUT2D eigenvalue weighted by Gasteiger charge is -2.43. The van der Waals surface area contributed by atoms with Crippen molar-refractivity contribution < 1.29 is 9.32 Å². The Bertz CT molecular complexity index is 838. The molecule has 30 heavy (non-hydrogen) atoms. The smallest absolute Gasteiger partial charge is 0.270 e. The molecule has 4 aliphatic rings. The Balaban J connectivity index is 1.08. The number of piperidine rings is 4. The van der Waals surface area contributed by atoms with Crippen LogP contribution >= 0.6 is 0 Å². The van der Waals surface area contributed by atoms with E-state index in [4.69, 9.17) is 4.52 Å². The number of carbonyl (C=O) groups excluding carboxylic acids is 1. The second-order valence-electron chi connectivity index (χ2n) is 9.16. The molecule has 5 heterocycles. The van der Waals surface area contributed by atoms with Gasteiger partial charge in [0, 0.05) is 19.5 Å². The first-order valence-electron chi connectivity index (χ1n) is 11.3. The third kappa shape index (κ3) is 4.57. The SMILES string of the molecule is O=C(CC1CCN(Cc2ccccc2)CC1)Nc1noc(C2CN3CCC2CC3)n1. The van der Waals surface area contributed by atoms with Gasteiger partial charge in [-0.2, -0.15) is 4.98 Å². The molecule has 160 valence electrons. The number of benzene rings is 1. The summed E-state index contributed by atoms with van der Waals surface area (Å²) >= 11 is 0. The fourth-order valence-corrected chi connectivity index (χ4v) is 5.31. The minimum Gasteiger partial charge on any atom is -0.337 e. The molecule has 0 spiro atoms. The average Bonchev–Trinajstić information content (AvgIpc) is 3.25. The summed E-state index contributed by atoms with van der Waals surface area (Å²) in [7, 11) is 0.